The van der Waals surface area contributed by atoms with Crippen LogP contribution in [0.3, 0.4) is 0 Å². The highest BCUT2D eigenvalue weighted by atomic mass is 35.5. The van der Waals surface area contributed by atoms with Crippen LogP contribution < -0.4 is 5.32 Å². The minimum atomic E-state index is -0.0140. The summed E-state index contributed by atoms with van der Waals surface area (Å²) < 4.78 is 0. The minimum Gasteiger partial charge on any atom is -0.349 e. The van der Waals surface area contributed by atoms with Gasteiger partial charge in [0.05, 0.1) is 0 Å². The van der Waals surface area contributed by atoms with Gasteiger partial charge in [-0.3, -0.25) is 4.79 Å². The van der Waals surface area contributed by atoms with Gasteiger partial charge in [0.2, 0.25) is 0 Å². The number of nitrogens with zero attached hydrogens (tertiary/aromatic N) is 1. The van der Waals surface area contributed by atoms with Gasteiger partial charge in [0, 0.05) is 18.2 Å². The summed E-state index contributed by atoms with van der Waals surface area (Å²) in [5.41, 5.74) is 3.15. The van der Waals surface area contributed by atoms with Crippen LogP contribution in [0.25, 0.3) is 0 Å². The van der Waals surface area contributed by atoms with Crippen molar-refractivity contribution in [2.75, 3.05) is 14.1 Å². The highest BCUT2D eigenvalue weighted by Gasteiger charge is 2.10. The number of carbonyl (C=O) groups is 1. The Morgan fingerprint density at radius 1 is 1.00 bits per heavy atom. The maximum absolute atomic E-state index is 12.3. The third kappa shape index (κ3) is 6.43. The Morgan fingerprint density at radius 2 is 1.61 bits per heavy atom. The van der Waals surface area contributed by atoms with Crippen LogP contribution >= 0.6 is 12.4 Å². The summed E-state index contributed by atoms with van der Waals surface area (Å²) in [5, 5.41) is 3.06. The summed E-state index contributed by atoms with van der Waals surface area (Å²) in [5.74, 6) is -0.0140. The van der Waals surface area contributed by atoms with Crippen LogP contribution in [0.4, 0.5) is 0 Å². The second-order valence-electron chi connectivity index (χ2n) is 6.00. The van der Waals surface area contributed by atoms with E-state index in [-0.39, 0.29) is 24.4 Å². The van der Waals surface area contributed by atoms with E-state index >= 15 is 0 Å². The molecule has 1 atom stereocenters. The highest BCUT2D eigenvalue weighted by Crippen LogP contribution is 2.08. The van der Waals surface area contributed by atoms with Crippen LogP contribution in [0.15, 0.2) is 54.6 Å². The molecule has 0 bridgehead atoms. The first-order valence-corrected chi connectivity index (χ1v) is 7.63. The molecule has 1 unspecified atom stereocenters. The molecule has 2 rings (SSSR count). The fourth-order valence-corrected chi connectivity index (χ4v) is 2.45. The predicted octanol–water partition coefficient (Wildman–Crippen LogP) is 3.53. The SMILES string of the molecule is CC(Cc1ccccc1)NC(=O)c1ccc(CN(C)C)cc1.Cl. The number of benzene rings is 2. The second-order valence-corrected chi connectivity index (χ2v) is 6.00. The lowest BCUT2D eigenvalue weighted by atomic mass is 10.1. The largest absolute Gasteiger partial charge is 0.349 e. The van der Waals surface area contributed by atoms with E-state index in [9.17, 15) is 4.79 Å². The smallest absolute Gasteiger partial charge is 0.251 e. The summed E-state index contributed by atoms with van der Waals surface area (Å²) in [6.45, 7) is 2.91. The first kappa shape index (κ1) is 19.2. The van der Waals surface area contributed by atoms with Crippen LogP contribution in [0.1, 0.15) is 28.4 Å². The van der Waals surface area contributed by atoms with E-state index in [2.05, 4.69) is 22.3 Å². The van der Waals surface area contributed by atoms with Crippen LogP contribution in [0, 0.1) is 0 Å². The number of amides is 1. The Morgan fingerprint density at radius 3 is 2.17 bits per heavy atom. The summed E-state index contributed by atoms with van der Waals surface area (Å²) in [6, 6.07) is 18.1. The van der Waals surface area contributed by atoms with Gasteiger partial charge >= 0.3 is 0 Å². The summed E-state index contributed by atoms with van der Waals surface area (Å²) in [7, 11) is 4.07. The predicted molar refractivity (Wildman–Crippen MR) is 98.2 cm³/mol. The molecule has 0 saturated heterocycles. The number of carbonyl (C=O) groups excluding carboxylic acids is 1. The molecule has 4 heteroatoms. The van der Waals surface area contributed by atoms with Gasteiger partial charge in [-0.05, 0) is 50.7 Å². The highest BCUT2D eigenvalue weighted by molar-refractivity contribution is 5.94. The monoisotopic (exact) mass is 332 g/mol. The number of rotatable bonds is 6. The van der Waals surface area contributed by atoms with Crippen LogP contribution in [-0.4, -0.2) is 30.9 Å². The van der Waals surface area contributed by atoms with E-state index in [1.807, 2.05) is 63.5 Å². The van der Waals surface area contributed by atoms with Crippen molar-refractivity contribution in [2.45, 2.75) is 25.9 Å². The maximum Gasteiger partial charge on any atom is 0.251 e. The number of hydrogen-bond acceptors (Lipinski definition) is 2. The third-order valence-corrected chi connectivity index (χ3v) is 3.48. The molecule has 0 fully saturated rings. The van der Waals surface area contributed by atoms with Crippen molar-refractivity contribution >= 4 is 18.3 Å². The van der Waals surface area contributed by atoms with Crippen molar-refractivity contribution in [3.05, 3.63) is 71.3 Å². The third-order valence-electron chi connectivity index (χ3n) is 3.48. The van der Waals surface area contributed by atoms with Crippen molar-refractivity contribution in [2.24, 2.45) is 0 Å². The van der Waals surface area contributed by atoms with Crippen LogP contribution in [-0.2, 0) is 13.0 Å². The molecular weight excluding hydrogens is 308 g/mol. The van der Waals surface area contributed by atoms with Crippen molar-refractivity contribution < 1.29 is 4.79 Å². The molecule has 124 valence electrons. The van der Waals surface area contributed by atoms with Gasteiger partial charge in [0.25, 0.3) is 5.91 Å². The Kier molecular flexibility index (Phi) is 7.79. The molecule has 1 amide bonds. The molecule has 23 heavy (non-hydrogen) atoms. The molecule has 1 N–H and O–H groups in total. The lowest BCUT2D eigenvalue weighted by Gasteiger charge is -2.14. The maximum atomic E-state index is 12.3. The summed E-state index contributed by atoms with van der Waals surface area (Å²) in [4.78, 5) is 14.4. The van der Waals surface area contributed by atoms with E-state index in [0.717, 1.165) is 13.0 Å². The number of hydrogen-bond donors (Lipinski definition) is 1. The molecule has 0 saturated carbocycles. The molecule has 0 spiro atoms. The van der Waals surface area contributed by atoms with Gasteiger partial charge in [0.1, 0.15) is 0 Å². The Hall–Kier alpha value is -1.84. The first-order chi connectivity index (χ1) is 10.5. The Labute approximate surface area is 145 Å². The van der Waals surface area contributed by atoms with Gasteiger partial charge in [0.15, 0.2) is 0 Å². The minimum absolute atomic E-state index is 0. The van der Waals surface area contributed by atoms with Crippen LogP contribution in [0.5, 0.6) is 0 Å². The van der Waals surface area contributed by atoms with Crippen molar-refractivity contribution in [1.82, 2.24) is 10.2 Å². The van der Waals surface area contributed by atoms with Crippen molar-refractivity contribution in [3.63, 3.8) is 0 Å². The normalized spacial score (nSPS) is 11.7. The van der Waals surface area contributed by atoms with E-state index < -0.39 is 0 Å². The van der Waals surface area contributed by atoms with E-state index in [1.54, 1.807) is 0 Å². The zero-order valence-electron chi connectivity index (χ0n) is 14.0. The second kappa shape index (κ2) is 9.33. The average molecular weight is 333 g/mol. The topological polar surface area (TPSA) is 32.3 Å². The standard InChI is InChI=1S/C19H24N2O.ClH/c1-15(13-16-7-5-4-6-8-16)20-19(22)18-11-9-17(10-12-18)14-21(2)3;/h4-12,15H,13-14H2,1-3H3,(H,20,22);1H. The van der Waals surface area contributed by atoms with E-state index in [0.29, 0.717) is 5.56 Å². The van der Waals surface area contributed by atoms with Gasteiger partial charge in [-0.25, -0.2) is 0 Å². The van der Waals surface area contributed by atoms with Gasteiger partial charge in [-0.15, -0.1) is 12.4 Å². The first-order valence-electron chi connectivity index (χ1n) is 7.63. The molecule has 3 nitrogen and oxygen atoms in total. The lowest BCUT2D eigenvalue weighted by Crippen LogP contribution is -2.34. The average Bonchev–Trinajstić information content (AvgIpc) is 2.48. The quantitative estimate of drug-likeness (QED) is 0.877. The zero-order valence-corrected chi connectivity index (χ0v) is 14.8. The molecule has 2 aromatic rings. The summed E-state index contributed by atoms with van der Waals surface area (Å²) in [6.07, 6.45) is 0.839. The van der Waals surface area contributed by atoms with E-state index in [1.165, 1.54) is 11.1 Å². The lowest BCUT2D eigenvalue weighted by molar-refractivity contribution is 0.0940. The van der Waals surface area contributed by atoms with Gasteiger partial charge in [-0.1, -0.05) is 42.5 Å². The molecular formula is C19H25ClN2O. The fourth-order valence-electron chi connectivity index (χ4n) is 2.45. The molecule has 0 aromatic heterocycles. The van der Waals surface area contributed by atoms with Crippen molar-refractivity contribution in [3.8, 4) is 0 Å². The van der Waals surface area contributed by atoms with Gasteiger partial charge < -0.3 is 10.2 Å². The Bertz CT molecular complexity index is 597. The summed E-state index contributed by atoms with van der Waals surface area (Å²) >= 11 is 0. The molecule has 0 aliphatic carbocycles. The molecule has 0 heterocycles. The fraction of sp³-hybridized carbons (Fsp3) is 0.316. The van der Waals surface area contributed by atoms with Crippen molar-refractivity contribution in [1.29, 1.82) is 0 Å². The van der Waals surface area contributed by atoms with Crippen LogP contribution in [0.2, 0.25) is 0 Å². The molecule has 0 aliphatic rings. The zero-order chi connectivity index (χ0) is 15.9. The number of halogens is 1. The van der Waals surface area contributed by atoms with E-state index in [4.69, 9.17) is 0 Å². The van der Waals surface area contributed by atoms with Gasteiger partial charge in [-0.2, -0.15) is 0 Å². The Balaban J connectivity index is 0.00000264. The molecule has 0 radical (unpaired) electrons. The molecule has 2 aromatic carbocycles. The number of nitrogens with one attached hydrogen (secondary N) is 1. The molecule has 0 aliphatic heterocycles.